The number of hydrogen-bond donors (Lipinski definition) is 2. The van der Waals surface area contributed by atoms with Crippen LogP contribution in [0, 0.1) is 11.6 Å². The molecule has 0 spiro atoms. The second-order valence-corrected chi connectivity index (χ2v) is 9.96. The summed E-state index contributed by atoms with van der Waals surface area (Å²) in [5.74, 6) is -1.90. The summed E-state index contributed by atoms with van der Waals surface area (Å²) < 4.78 is 28.7. The van der Waals surface area contributed by atoms with Crippen molar-refractivity contribution in [3.63, 3.8) is 0 Å². The lowest BCUT2D eigenvalue weighted by molar-refractivity contribution is -0.122. The zero-order valence-electron chi connectivity index (χ0n) is 21.1. The minimum atomic E-state index is -0.631. The van der Waals surface area contributed by atoms with Gasteiger partial charge in [-0.25, -0.2) is 8.78 Å². The van der Waals surface area contributed by atoms with Gasteiger partial charge in [0, 0.05) is 61.2 Å². The van der Waals surface area contributed by atoms with Crippen molar-refractivity contribution < 1.29 is 13.6 Å². The molecule has 0 aliphatic carbocycles. The van der Waals surface area contributed by atoms with Crippen molar-refractivity contribution in [3.8, 4) is 0 Å². The van der Waals surface area contributed by atoms with Crippen LogP contribution in [0.1, 0.15) is 54.4 Å². The fraction of sp³-hybridized carbons (Fsp3) is 0.323. The Labute approximate surface area is 216 Å². The molecule has 0 saturated carbocycles. The summed E-state index contributed by atoms with van der Waals surface area (Å²) in [7, 11) is 0. The van der Waals surface area contributed by atoms with Crippen molar-refractivity contribution in [1.82, 2.24) is 15.2 Å². The van der Waals surface area contributed by atoms with Crippen molar-refractivity contribution in [2.24, 2.45) is 0 Å². The van der Waals surface area contributed by atoms with E-state index in [1.54, 1.807) is 0 Å². The molecular formula is C31H33F2N3O. The molecule has 4 nitrogen and oxygen atoms in total. The molecule has 1 fully saturated rings. The number of para-hydroxylation sites is 1. The number of aromatic nitrogens is 1. The average Bonchev–Trinajstić information content (AvgIpc) is 3.34. The Hall–Kier alpha value is -3.51. The summed E-state index contributed by atoms with van der Waals surface area (Å²) in [5, 5.41) is 4.16. The lowest BCUT2D eigenvalue weighted by Gasteiger charge is -2.32. The fourth-order valence-corrected chi connectivity index (χ4v) is 5.54. The van der Waals surface area contributed by atoms with Crippen LogP contribution in [0.4, 0.5) is 8.78 Å². The number of piperidine rings is 1. The Morgan fingerprint density at radius 3 is 2.54 bits per heavy atom. The molecule has 1 aliphatic rings. The van der Waals surface area contributed by atoms with E-state index in [4.69, 9.17) is 0 Å². The summed E-state index contributed by atoms with van der Waals surface area (Å²) in [6.07, 6.45) is 4.57. The number of carbonyl (C=O) groups is 1. The van der Waals surface area contributed by atoms with E-state index in [2.05, 4.69) is 52.5 Å². The first kappa shape index (κ1) is 25.2. The normalized spacial score (nSPS) is 15.6. The zero-order valence-corrected chi connectivity index (χ0v) is 21.1. The predicted molar refractivity (Wildman–Crippen MR) is 143 cm³/mol. The number of halogens is 2. The molecule has 4 aromatic rings. The zero-order chi connectivity index (χ0) is 25.8. The van der Waals surface area contributed by atoms with Crippen molar-refractivity contribution in [3.05, 3.63) is 107 Å². The van der Waals surface area contributed by atoms with Gasteiger partial charge in [0.2, 0.25) is 5.91 Å². The van der Waals surface area contributed by atoms with Crippen LogP contribution in [0.15, 0.2) is 72.9 Å². The first-order valence-electron chi connectivity index (χ1n) is 13.1. The van der Waals surface area contributed by atoms with Crippen LogP contribution in [0.25, 0.3) is 10.9 Å². The second kappa shape index (κ2) is 11.3. The van der Waals surface area contributed by atoms with E-state index in [9.17, 15) is 13.6 Å². The Bertz CT molecular complexity index is 1360. The van der Waals surface area contributed by atoms with E-state index >= 15 is 0 Å². The highest BCUT2D eigenvalue weighted by atomic mass is 19.1. The van der Waals surface area contributed by atoms with E-state index in [0.717, 1.165) is 67.0 Å². The molecule has 192 valence electrons. The van der Waals surface area contributed by atoms with Crippen LogP contribution in [0.5, 0.6) is 0 Å². The molecule has 5 rings (SSSR count). The van der Waals surface area contributed by atoms with Gasteiger partial charge in [0.05, 0.1) is 0 Å². The highest BCUT2D eigenvalue weighted by Gasteiger charge is 2.27. The smallest absolute Gasteiger partial charge is 0.221 e. The number of H-pyrrole nitrogens is 1. The number of benzene rings is 3. The van der Waals surface area contributed by atoms with Crippen LogP contribution >= 0.6 is 0 Å². The topological polar surface area (TPSA) is 48.1 Å². The second-order valence-electron chi connectivity index (χ2n) is 9.96. The Balaban J connectivity index is 1.31. The summed E-state index contributed by atoms with van der Waals surface area (Å²) >= 11 is 0. The van der Waals surface area contributed by atoms with Gasteiger partial charge < -0.3 is 10.3 Å². The number of aryl methyl sites for hydroxylation is 1. The number of nitrogens with zero attached hydrogens (tertiary/aromatic N) is 1. The molecule has 1 saturated heterocycles. The lowest BCUT2D eigenvalue weighted by atomic mass is 9.87. The summed E-state index contributed by atoms with van der Waals surface area (Å²) in [4.78, 5) is 19.0. The molecule has 3 aromatic carbocycles. The molecule has 2 heterocycles. The third-order valence-corrected chi connectivity index (χ3v) is 7.52. The van der Waals surface area contributed by atoms with Gasteiger partial charge in [-0.2, -0.15) is 0 Å². The maximum Gasteiger partial charge on any atom is 0.221 e. The van der Waals surface area contributed by atoms with Crippen molar-refractivity contribution >= 4 is 16.8 Å². The van der Waals surface area contributed by atoms with Gasteiger partial charge in [0.15, 0.2) is 0 Å². The Morgan fingerprint density at radius 2 is 1.81 bits per heavy atom. The fourth-order valence-electron chi connectivity index (χ4n) is 5.54. The van der Waals surface area contributed by atoms with E-state index < -0.39 is 17.6 Å². The maximum atomic E-state index is 15.0. The van der Waals surface area contributed by atoms with Gasteiger partial charge in [0.1, 0.15) is 11.6 Å². The number of likely N-dealkylation sites (tertiary alicyclic amines) is 1. The minimum absolute atomic E-state index is 0.0906. The number of carbonyl (C=O) groups excluding carboxylic acids is 1. The number of nitrogens with one attached hydrogen (secondary N) is 2. The molecular weight excluding hydrogens is 468 g/mol. The number of fused-ring (bicyclic) bond motifs is 1. The van der Waals surface area contributed by atoms with Gasteiger partial charge in [-0.15, -0.1) is 0 Å². The molecule has 6 heteroatoms. The van der Waals surface area contributed by atoms with E-state index in [0.29, 0.717) is 5.56 Å². The van der Waals surface area contributed by atoms with Gasteiger partial charge in [-0.3, -0.25) is 9.69 Å². The quantitative estimate of drug-likeness (QED) is 0.297. The molecule has 1 atom stereocenters. The molecule has 0 unspecified atom stereocenters. The van der Waals surface area contributed by atoms with Crippen LogP contribution in [-0.4, -0.2) is 34.9 Å². The van der Waals surface area contributed by atoms with Crippen molar-refractivity contribution in [1.29, 1.82) is 0 Å². The van der Waals surface area contributed by atoms with Gasteiger partial charge in [0.25, 0.3) is 0 Å². The first-order chi connectivity index (χ1) is 18.0. The Kier molecular flexibility index (Phi) is 7.65. The van der Waals surface area contributed by atoms with E-state index in [1.807, 2.05) is 24.4 Å². The number of amides is 1. The molecule has 1 amide bonds. The number of hydrogen-bond acceptors (Lipinski definition) is 2. The third-order valence-electron chi connectivity index (χ3n) is 7.52. The monoisotopic (exact) mass is 501 g/mol. The lowest BCUT2D eigenvalue weighted by Crippen LogP contribution is -2.44. The summed E-state index contributed by atoms with van der Waals surface area (Å²) in [6, 6.07) is 20.2. The van der Waals surface area contributed by atoms with Crippen LogP contribution < -0.4 is 5.32 Å². The largest absolute Gasteiger partial charge is 0.361 e. The molecule has 0 radical (unpaired) electrons. The first-order valence-corrected chi connectivity index (χ1v) is 13.1. The maximum absolute atomic E-state index is 15.0. The highest BCUT2D eigenvalue weighted by molar-refractivity contribution is 5.88. The van der Waals surface area contributed by atoms with E-state index in [1.165, 1.54) is 17.7 Å². The molecule has 1 aliphatic heterocycles. The van der Waals surface area contributed by atoms with E-state index in [-0.39, 0.29) is 18.4 Å². The van der Waals surface area contributed by atoms with Gasteiger partial charge in [-0.1, -0.05) is 61.5 Å². The molecule has 37 heavy (non-hydrogen) atoms. The number of aromatic amines is 1. The number of rotatable bonds is 8. The predicted octanol–water partition coefficient (Wildman–Crippen LogP) is 6.31. The van der Waals surface area contributed by atoms with Gasteiger partial charge >= 0.3 is 0 Å². The molecule has 0 bridgehead atoms. The van der Waals surface area contributed by atoms with Crippen molar-refractivity contribution in [2.45, 2.75) is 51.1 Å². The van der Waals surface area contributed by atoms with Crippen LogP contribution in [0.3, 0.4) is 0 Å². The third kappa shape index (κ3) is 5.75. The average molecular weight is 502 g/mol. The standard InChI is InChI=1S/C31H33F2N3O/c1-2-22-9-6-10-26-28(19-34-31(22)26)27(25-12-11-23(32)17-29(25)33)18-30(37)35-24-13-15-36(16-14-24)20-21-7-4-3-5-8-21/h3-12,17,19,24,27,34H,2,13-16,18,20H2,1H3,(H,35,37)/t27-/m0/s1. The SMILES string of the molecule is CCc1cccc2c([C@@H](CC(=O)NC3CCN(Cc4ccccc4)CC3)c3ccc(F)cc3F)c[nH]c12. The molecule has 2 N–H and O–H groups in total. The Morgan fingerprint density at radius 1 is 1.03 bits per heavy atom. The van der Waals surface area contributed by atoms with Crippen LogP contribution in [-0.2, 0) is 17.8 Å². The van der Waals surface area contributed by atoms with Crippen molar-refractivity contribution in [2.75, 3.05) is 13.1 Å². The van der Waals surface area contributed by atoms with Gasteiger partial charge in [-0.05, 0) is 47.6 Å². The summed E-state index contributed by atoms with van der Waals surface area (Å²) in [5.41, 5.74) is 4.63. The summed E-state index contributed by atoms with van der Waals surface area (Å²) in [6.45, 7) is 4.83. The highest BCUT2D eigenvalue weighted by Crippen LogP contribution is 2.36. The molecule has 1 aromatic heterocycles. The van der Waals surface area contributed by atoms with Crippen LogP contribution in [0.2, 0.25) is 0 Å². The minimum Gasteiger partial charge on any atom is -0.361 e.